The van der Waals surface area contributed by atoms with Crippen LogP contribution >= 0.6 is 11.3 Å². The largest absolute Gasteiger partial charge is 0.369 e. The van der Waals surface area contributed by atoms with Crippen LogP contribution in [-0.2, 0) is 16.3 Å². The van der Waals surface area contributed by atoms with Gasteiger partial charge in [0.25, 0.3) is 5.92 Å². The van der Waals surface area contributed by atoms with Gasteiger partial charge in [-0.2, -0.15) is 0 Å². The van der Waals surface area contributed by atoms with E-state index >= 15 is 0 Å². The summed E-state index contributed by atoms with van der Waals surface area (Å²) >= 11 is 1.39. The van der Waals surface area contributed by atoms with Crippen LogP contribution in [-0.4, -0.2) is 31.7 Å². The first-order valence-corrected chi connectivity index (χ1v) is 8.88. The summed E-state index contributed by atoms with van der Waals surface area (Å²) in [5.41, 5.74) is 5.92. The smallest absolute Gasteiger partial charge is 0.270 e. The van der Waals surface area contributed by atoms with E-state index in [9.17, 15) is 13.6 Å². The van der Waals surface area contributed by atoms with Gasteiger partial charge < -0.3 is 5.73 Å². The minimum Gasteiger partial charge on any atom is -0.369 e. The molecule has 2 heterocycles. The lowest BCUT2D eigenvalue weighted by Crippen LogP contribution is -2.53. The van der Waals surface area contributed by atoms with Crippen molar-refractivity contribution in [1.29, 1.82) is 0 Å². The van der Waals surface area contributed by atoms with Gasteiger partial charge in [0.2, 0.25) is 5.91 Å². The van der Waals surface area contributed by atoms with Crippen molar-refractivity contribution >= 4 is 36.5 Å². The molecule has 1 aliphatic rings. The maximum atomic E-state index is 13.5. The lowest BCUT2D eigenvalue weighted by atomic mass is 9.74. The second-order valence-electron chi connectivity index (χ2n) is 6.66. The molecule has 2 aromatic rings. The van der Waals surface area contributed by atoms with E-state index in [4.69, 9.17) is 13.6 Å². The minimum atomic E-state index is -2.95. The van der Waals surface area contributed by atoms with Crippen LogP contribution in [0, 0.1) is 0 Å². The predicted octanol–water partition coefficient (Wildman–Crippen LogP) is 2.44. The van der Waals surface area contributed by atoms with Crippen LogP contribution in [0.5, 0.6) is 0 Å². The number of hydrogen-bond donors (Lipinski definition) is 1. The average Bonchev–Trinajstić information content (AvgIpc) is 2.99. The van der Waals surface area contributed by atoms with Gasteiger partial charge in [-0.15, -0.1) is 11.3 Å². The molecule has 8 heteroatoms. The first-order chi connectivity index (χ1) is 12.1. The van der Waals surface area contributed by atoms with E-state index in [2.05, 4.69) is 4.99 Å². The lowest BCUT2D eigenvalue weighted by molar-refractivity contribution is -0.130. The molecule has 1 aliphatic heterocycles. The summed E-state index contributed by atoms with van der Waals surface area (Å²) in [5.74, 6) is -3.84. The Morgan fingerprint density at radius 3 is 2.42 bits per heavy atom. The molecule has 0 unspecified atom stereocenters. The van der Waals surface area contributed by atoms with Gasteiger partial charge in [-0.3, -0.25) is 9.69 Å². The van der Waals surface area contributed by atoms with Crippen LogP contribution < -0.4 is 11.2 Å². The van der Waals surface area contributed by atoms with Crippen LogP contribution in [0.1, 0.15) is 35.8 Å². The molecule has 3 rings (SSSR count). The summed E-state index contributed by atoms with van der Waals surface area (Å²) in [4.78, 5) is 19.6. The van der Waals surface area contributed by atoms with Crippen molar-refractivity contribution in [3.63, 3.8) is 0 Å². The molecule has 26 heavy (non-hydrogen) atoms. The van der Waals surface area contributed by atoms with Gasteiger partial charge in [-0.25, -0.2) is 13.8 Å². The van der Waals surface area contributed by atoms with Gasteiger partial charge >= 0.3 is 0 Å². The molecule has 0 saturated carbocycles. The molecule has 1 aromatic heterocycles. The van der Waals surface area contributed by atoms with Crippen LogP contribution in [0.3, 0.4) is 0 Å². The Morgan fingerprint density at radius 2 is 1.92 bits per heavy atom. The van der Waals surface area contributed by atoms with Gasteiger partial charge in [-0.05, 0) is 17.9 Å². The summed E-state index contributed by atoms with van der Waals surface area (Å²) < 4.78 is 27.0. The third-order valence-electron chi connectivity index (χ3n) is 4.74. The number of hydrogen-bond acceptors (Lipinski definition) is 4. The van der Waals surface area contributed by atoms with Gasteiger partial charge in [-0.1, -0.05) is 35.8 Å². The van der Waals surface area contributed by atoms with Crippen LogP contribution in [0.4, 0.5) is 8.78 Å². The van der Waals surface area contributed by atoms with E-state index in [-0.39, 0.29) is 17.4 Å². The molecule has 1 amide bonds. The molecule has 134 valence electrons. The Labute approximate surface area is 156 Å². The van der Waals surface area contributed by atoms with E-state index in [0.29, 0.717) is 11.0 Å². The molecule has 1 aromatic carbocycles. The van der Waals surface area contributed by atoms with E-state index in [0.717, 1.165) is 11.8 Å². The summed E-state index contributed by atoms with van der Waals surface area (Å²) in [6.45, 7) is 2.63. The molecular formula is C18H18BF2N3OS. The molecular weight excluding hydrogens is 355 g/mol. The first-order valence-electron chi connectivity index (χ1n) is 8.00. The summed E-state index contributed by atoms with van der Waals surface area (Å²) in [5, 5.41) is 1.82. The van der Waals surface area contributed by atoms with Crippen molar-refractivity contribution in [3.05, 3.63) is 51.7 Å². The lowest BCUT2D eigenvalue weighted by Gasteiger charge is -2.40. The molecule has 2 radical (unpaired) electrons. The topological polar surface area (TPSA) is 58.7 Å². The Kier molecular flexibility index (Phi) is 4.42. The monoisotopic (exact) mass is 373 g/mol. The van der Waals surface area contributed by atoms with Crippen LogP contribution in [0.15, 0.2) is 40.7 Å². The average molecular weight is 373 g/mol. The molecule has 0 fully saturated rings. The molecule has 2 atom stereocenters. The number of thiophene rings is 1. The number of guanidine groups is 1. The third kappa shape index (κ3) is 2.92. The number of carbonyl (C=O) groups excluding carboxylic acids is 1. The fraction of sp³-hybridized carbons (Fsp3) is 0.333. The molecule has 0 saturated heterocycles. The highest BCUT2D eigenvalue weighted by atomic mass is 32.1. The fourth-order valence-corrected chi connectivity index (χ4v) is 4.23. The molecule has 0 bridgehead atoms. The third-order valence-corrected chi connectivity index (χ3v) is 5.89. The van der Waals surface area contributed by atoms with Gasteiger partial charge in [0.05, 0.1) is 5.92 Å². The van der Waals surface area contributed by atoms with Crippen molar-refractivity contribution < 1.29 is 13.6 Å². The second-order valence-corrected chi connectivity index (χ2v) is 7.58. The second kappa shape index (κ2) is 6.19. The standard InChI is InChI=1S/C18H18BF2N3OS/c1-17(14-12(19)8-9-26-14)13(15(25)24(3)16(22)23-17)10-4-6-11(7-5-10)18(2,20)21/h4-9,13H,1-3H3,(H2,22,23)/t13-,17-/m0/s1. The minimum absolute atomic E-state index is 0.0956. The first kappa shape index (κ1) is 18.6. The molecule has 0 spiro atoms. The van der Waals surface area contributed by atoms with Crippen LogP contribution in [0.25, 0.3) is 0 Å². The van der Waals surface area contributed by atoms with Crippen LogP contribution in [0.2, 0.25) is 0 Å². The number of nitrogens with zero attached hydrogens (tertiary/aromatic N) is 2. The van der Waals surface area contributed by atoms with E-state index in [1.54, 1.807) is 32.2 Å². The van der Waals surface area contributed by atoms with Crippen molar-refractivity contribution in [2.75, 3.05) is 7.05 Å². The van der Waals surface area contributed by atoms with Crippen molar-refractivity contribution in [2.45, 2.75) is 31.2 Å². The fourth-order valence-electron chi connectivity index (χ4n) is 3.27. The highest BCUT2D eigenvalue weighted by Crippen LogP contribution is 2.45. The number of halogens is 2. The predicted molar refractivity (Wildman–Crippen MR) is 100 cm³/mol. The summed E-state index contributed by atoms with van der Waals surface area (Å²) in [6, 6.07) is 7.51. The summed E-state index contributed by atoms with van der Waals surface area (Å²) in [7, 11) is 7.62. The van der Waals surface area contributed by atoms with Gasteiger partial charge in [0.1, 0.15) is 13.4 Å². The zero-order valence-corrected chi connectivity index (χ0v) is 15.5. The number of likely N-dealkylation sites (N-methyl/N-ethyl adjacent to an activating group) is 1. The number of amides is 1. The number of alkyl halides is 2. The Bertz CT molecular complexity index is 875. The Balaban J connectivity index is 2.16. The van der Waals surface area contributed by atoms with Crippen molar-refractivity contribution in [1.82, 2.24) is 4.90 Å². The van der Waals surface area contributed by atoms with Gasteiger partial charge in [0.15, 0.2) is 5.96 Å². The zero-order valence-electron chi connectivity index (χ0n) is 14.7. The number of rotatable bonds is 3. The Morgan fingerprint density at radius 1 is 1.31 bits per heavy atom. The van der Waals surface area contributed by atoms with Gasteiger partial charge in [0, 0.05) is 24.4 Å². The van der Waals surface area contributed by atoms with Crippen molar-refractivity contribution in [3.8, 4) is 0 Å². The maximum absolute atomic E-state index is 13.5. The van der Waals surface area contributed by atoms with E-state index < -0.39 is 17.4 Å². The normalized spacial score (nSPS) is 23.9. The number of benzene rings is 1. The number of carbonyl (C=O) groups is 1. The number of aliphatic imine (C=N–C) groups is 1. The Hall–Kier alpha value is -2.22. The SMILES string of the molecule is [B]c1ccsc1[C@@]1(C)N=C(N)N(C)C(=O)[C@@H]1c1ccc(C(C)(F)F)cc1. The molecule has 0 aliphatic carbocycles. The van der Waals surface area contributed by atoms with E-state index in [1.807, 2.05) is 5.38 Å². The summed E-state index contributed by atoms with van der Waals surface area (Å²) in [6.07, 6.45) is 0. The molecule has 2 N–H and O–H groups in total. The number of nitrogens with two attached hydrogens (primary N) is 1. The van der Waals surface area contributed by atoms with E-state index in [1.165, 1.54) is 28.4 Å². The maximum Gasteiger partial charge on any atom is 0.270 e. The van der Waals surface area contributed by atoms with Crippen molar-refractivity contribution in [2.24, 2.45) is 10.7 Å². The molecule has 4 nitrogen and oxygen atoms in total. The highest BCUT2D eigenvalue weighted by Gasteiger charge is 2.48. The highest BCUT2D eigenvalue weighted by molar-refractivity contribution is 7.11. The quantitative estimate of drug-likeness (QED) is 0.841. The zero-order chi connectivity index (χ0) is 19.3.